The predicted molar refractivity (Wildman–Crippen MR) is 104 cm³/mol. The molecule has 0 atom stereocenters. The maximum atomic E-state index is 5.85. The van der Waals surface area contributed by atoms with Gasteiger partial charge in [0, 0.05) is 38.4 Å². The molecule has 25 heavy (non-hydrogen) atoms. The van der Waals surface area contributed by atoms with Crippen LogP contribution in [0.15, 0.2) is 12.1 Å². The molecule has 0 spiro atoms. The Morgan fingerprint density at radius 1 is 1.08 bits per heavy atom. The minimum absolute atomic E-state index is 0.0814. The molecule has 1 fully saturated rings. The van der Waals surface area contributed by atoms with E-state index in [1.165, 1.54) is 0 Å². The van der Waals surface area contributed by atoms with E-state index >= 15 is 0 Å². The van der Waals surface area contributed by atoms with Gasteiger partial charge in [-0.15, -0.1) is 0 Å². The molecule has 0 radical (unpaired) electrons. The fourth-order valence-corrected chi connectivity index (χ4v) is 3.93. The first-order valence-corrected chi connectivity index (χ1v) is 9.67. The number of ether oxygens (including phenoxy) is 4. The summed E-state index contributed by atoms with van der Waals surface area (Å²) in [5, 5.41) is 0.533. The fraction of sp³-hybridized carbons (Fsp3) is 0.684. The van der Waals surface area contributed by atoms with E-state index in [1.807, 2.05) is 0 Å². The highest BCUT2D eigenvalue weighted by Crippen LogP contribution is 2.43. The van der Waals surface area contributed by atoms with Crippen molar-refractivity contribution >= 4 is 21.6 Å². The largest absolute Gasteiger partial charge is 0.494 e. The van der Waals surface area contributed by atoms with Crippen molar-refractivity contribution in [1.29, 1.82) is 0 Å². The smallest absolute Gasteiger partial charge is 0.204 e. The summed E-state index contributed by atoms with van der Waals surface area (Å²) >= 11 is 3.55. The Kier molecular flexibility index (Phi) is 6.76. The minimum Gasteiger partial charge on any atom is -0.494 e. The van der Waals surface area contributed by atoms with Gasteiger partial charge in [-0.1, -0.05) is 36.7 Å². The molecule has 2 rings (SSSR count). The number of alkyl halides is 1. The standard InChI is InChI=1S/C19H30BrNO4/c1-18(2,3)15-11-14(19(13-20,23-5)24-6)12-16(17(15)22-4)21-7-9-25-10-8-21/h11-12H,7-10,13H2,1-6H3. The molecule has 0 aliphatic carbocycles. The molecule has 1 aromatic carbocycles. The highest BCUT2D eigenvalue weighted by molar-refractivity contribution is 9.09. The molecule has 1 aromatic rings. The molecule has 1 saturated heterocycles. The average molecular weight is 416 g/mol. The van der Waals surface area contributed by atoms with Gasteiger partial charge in [-0.3, -0.25) is 0 Å². The number of morpholine rings is 1. The average Bonchev–Trinajstić information content (AvgIpc) is 2.63. The van der Waals surface area contributed by atoms with Crippen LogP contribution in [0.3, 0.4) is 0 Å². The Hall–Kier alpha value is -0.820. The van der Waals surface area contributed by atoms with Crippen LogP contribution in [0.2, 0.25) is 0 Å². The summed E-state index contributed by atoms with van der Waals surface area (Å²) in [5.41, 5.74) is 3.09. The molecule has 0 N–H and O–H groups in total. The Balaban J connectivity index is 2.69. The molecule has 1 aliphatic rings. The molecule has 5 nitrogen and oxygen atoms in total. The van der Waals surface area contributed by atoms with Gasteiger partial charge in [-0.05, 0) is 17.5 Å². The summed E-state index contributed by atoms with van der Waals surface area (Å²) in [6.45, 7) is 9.68. The van der Waals surface area contributed by atoms with E-state index < -0.39 is 5.79 Å². The molecule has 142 valence electrons. The van der Waals surface area contributed by atoms with Crippen molar-refractivity contribution in [2.75, 3.05) is 57.9 Å². The van der Waals surface area contributed by atoms with Gasteiger partial charge >= 0.3 is 0 Å². The third-order valence-corrected chi connectivity index (χ3v) is 5.45. The fourth-order valence-electron chi connectivity index (χ4n) is 3.15. The van der Waals surface area contributed by atoms with Crippen LogP contribution >= 0.6 is 15.9 Å². The van der Waals surface area contributed by atoms with E-state index in [0.29, 0.717) is 5.33 Å². The van der Waals surface area contributed by atoms with Crippen LogP contribution in [-0.2, 0) is 25.4 Å². The lowest BCUT2D eigenvalue weighted by atomic mass is 9.83. The number of rotatable bonds is 6. The van der Waals surface area contributed by atoms with Crippen molar-refractivity contribution < 1.29 is 18.9 Å². The molecule has 0 bridgehead atoms. The van der Waals surface area contributed by atoms with E-state index in [0.717, 1.165) is 48.9 Å². The first kappa shape index (κ1) is 20.5. The number of halogens is 1. The molecule has 0 unspecified atom stereocenters. The Bertz CT molecular complexity index is 567. The van der Waals surface area contributed by atoms with Gasteiger partial charge in [0.15, 0.2) is 0 Å². The van der Waals surface area contributed by atoms with E-state index in [-0.39, 0.29) is 5.41 Å². The summed E-state index contributed by atoms with van der Waals surface area (Å²) in [6.07, 6.45) is 0. The Labute approximate surface area is 159 Å². The monoisotopic (exact) mass is 415 g/mol. The molecular formula is C19H30BrNO4. The number of hydrogen-bond acceptors (Lipinski definition) is 5. The normalized spacial score (nSPS) is 16.2. The minimum atomic E-state index is -0.840. The zero-order valence-electron chi connectivity index (χ0n) is 16.1. The van der Waals surface area contributed by atoms with E-state index in [9.17, 15) is 0 Å². The second-order valence-corrected chi connectivity index (χ2v) is 7.78. The summed E-state index contributed by atoms with van der Waals surface area (Å²) in [6, 6.07) is 4.25. The van der Waals surface area contributed by atoms with Crippen molar-refractivity contribution in [2.24, 2.45) is 0 Å². The van der Waals surface area contributed by atoms with Crippen molar-refractivity contribution in [1.82, 2.24) is 0 Å². The van der Waals surface area contributed by atoms with Crippen LogP contribution in [0, 0.1) is 0 Å². The quantitative estimate of drug-likeness (QED) is 0.523. The number of benzene rings is 1. The van der Waals surface area contributed by atoms with Crippen LogP contribution in [0.25, 0.3) is 0 Å². The maximum absolute atomic E-state index is 5.85. The molecule has 6 heteroatoms. The van der Waals surface area contributed by atoms with Gasteiger partial charge in [-0.25, -0.2) is 0 Å². The third-order valence-electron chi connectivity index (χ3n) is 4.71. The molecule has 0 amide bonds. The highest BCUT2D eigenvalue weighted by atomic mass is 79.9. The third kappa shape index (κ3) is 4.13. The van der Waals surface area contributed by atoms with Gasteiger partial charge in [0.1, 0.15) is 5.75 Å². The second-order valence-electron chi connectivity index (χ2n) is 7.22. The molecule has 0 saturated carbocycles. The van der Waals surface area contributed by atoms with Gasteiger partial charge in [0.2, 0.25) is 5.79 Å². The van der Waals surface area contributed by atoms with Crippen molar-refractivity contribution in [3.8, 4) is 5.75 Å². The van der Waals surface area contributed by atoms with E-state index in [2.05, 4.69) is 53.7 Å². The Morgan fingerprint density at radius 2 is 1.68 bits per heavy atom. The summed E-state index contributed by atoms with van der Waals surface area (Å²) in [7, 11) is 5.07. The summed E-state index contributed by atoms with van der Waals surface area (Å²) < 4.78 is 22.9. The summed E-state index contributed by atoms with van der Waals surface area (Å²) in [4.78, 5) is 2.31. The van der Waals surface area contributed by atoms with Crippen LogP contribution in [0.4, 0.5) is 5.69 Å². The number of nitrogens with zero attached hydrogens (tertiary/aromatic N) is 1. The first-order chi connectivity index (χ1) is 11.8. The molecule has 1 heterocycles. The lowest BCUT2D eigenvalue weighted by molar-refractivity contribution is -0.197. The maximum Gasteiger partial charge on any atom is 0.204 e. The topological polar surface area (TPSA) is 40.2 Å². The molecule has 0 aromatic heterocycles. The van der Waals surface area contributed by atoms with Crippen LogP contribution in [-0.4, -0.2) is 53.0 Å². The molecular weight excluding hydrogens is 386 g/mol. The highest BCUT2D eigenvalue weighted by Gasteiger charge is 2.35. The van der Waals surface area contributed by atoms with Gasteiger partial charge in [0.05, 0.1) is 31.3 Å². The van der Waals surface area contributed by atoms with Crippen molar-refractivity contribution in [3.05, 3.63) is 23.3 Å². The lowest BCUT2D eigenvalue weighted by Crippen LogP contribution is -2.38. The second kappa shape index (κ2) is 8.25. The Morgan fingerprint density at radius 3 is 2.12 bits per heavy atom. The summed E-state index contributed by atoms with van der Waals surface area (Å²) in [5.74, 6) is 0.0710. The predicted octanol–water partition coefficient (Wildman–Crippen LogP) is 3.67. The van der Waals surface area contributed by atoms with E-state index in [4.69, 9.17) is 18.9 Å². The zero-order chi connectivity index (χ0) is 18.7. The van der Waals surface area contributed by atoms with Crippen LogP contribution < -0.4 is 9.64 Å². The van der Waals surface area contributed by atoms with Crippen LogP contribution in [0.5, 0.6) is 5.75 Å². The van der Waals surface area contributed by atoms with E-state index in [1.54, 1.807) is 21.3 Å². The van der Waals surface area contributed by atoms with Gasteiger partial charge in [-0.2, -0.15) is 0 Å². The SMILES string of the molecule is COc1c(N2CCOCC2)cc(C(CBr)(OC)OC)cc1C(C)(C)C. The number of hydrogen-bond donors (Lipinski definition) is 0. The van der Waals surface area contributed by atoms with Crippen LogP contribution in [0.1, 0.15) is 31.9 Å². The lowest BCUT2D eigenvalue weighted by Gasteiger charge is -2.36. The van der Waals surface area contributed by atoms with Gasteiger partial charge in [0.25, 0.3) is 0 Å². The van der Waals surface area contributed by atoms with Gasteiger partial charge < -0.3 is 23.8 Å². The number of anilines is 1. The number of methoxy groups -OCH3 is 3. The van der Waals surface area contributed by atoms with Crippen molar-refractivity contribution in [3.63, 3.8) is 0 Å². The zero-order valence-corrected chi connectivity index (χ0v) is 17.7. The van der Waals surface area contributed by atoms with Crippen molar-refractivity contribution in [2.45, 2.75) is 32.0 Å². The molecule has 1 aliphatic heterocycles. The first-order valence-electron chi connectivity index (χ1n) is 8.55.